The Bertz CT molecular complexity index is 560. The van der Waals surface area contributed by atoms with Crippen molar-refractivity contribution in [3.63, 3.8) is 0 Å². The Morgan fingerprint density at radius 2 is 1.95 bits per heavy atom. The molecule has 1 N–H and O–H groups in total. The van der Waals surface area contributed by atoms with Gasteiger partial charge in [-0.25, -0.2) is 0 Å². The van der Waals surface area contributed by atoms with Gasteiger partial charge in [-0.3, -0.25) is 4.79 Å². The summed E-state index contributed by atoms with van der Waals surface area (Å²) >= 11 is 0. The molecule has 0 aliphatic carbocycles. The lowest BCUT2D eigenvalue weighted by Gasteiger charge is -2.13. The first-order valence-electron chi connectivity index (χ1n) is 6.45. The van der Waals surface area contributed by atoms with E-state index in [9.17, 15) is 4.79 Å². The third-order valence-electron chi connectivity index (χ3n) is 3.05. The van der Waals surface area contributed by atoms with Gasteiger partial charge in [0.2, 0.25) is 5.91 Å². The number of fused-ring (bicyclic) bond motifs is 1. The van der Waals surface area contributed by atoms with Crippen molar-refractivity contribution < 1.29 is 9.53 Å². The number of rotatable bonds is 5. The molecule has 0 aliphatic heterocycles. The summed E-state index contributed by atoms with van der Waals surface area (Å²) in [6.07, 6.45) is 0.398. The molecular weight excluding hydrogens is 238 g/mol. The number of amides is 1. The fourth-order valence-electron chi connectivity index (χ4n) is 2.24. The average Bonchev–Trinajstić information content (AvgIpc) is 2.39. The number of nitrogens with one attached hydrogen (secondary N) is 1. The molecule has 0 saturated carbocycles. The topological polar surface area (TPSA) is 38.3 Å². The van der Waals surface area contributed by atoms with Crippen LogP contribution in [0.5, 0.6) is 0 Å². The van der Waals surface area contributed by atoms with Gasteiger partial charge in [-0.15, -0.1) is 0 Å². The second kappa shape index (κ2) is 6.34. The molecule has 0 saturated heterocycles. The molecule has 1 unspecified atom stereocenters. The van der Waals surface area contributed by atoms with Crippen LogP contribution in [0, 0.1) is 0 Å². The highest BCUT2D eigenvalue weighted by Crippen LogP contribution is 2.18. The molecule has 2 aromatic rings. The van der Waals surface area contributed by atoms with Gasteiger partial charge in [0.1, 0.15) is 0 Å². The molecule has 2 aromatic carbocycles. The Hall–Kier alpha value is -1.87. The fourth-order valence-corrected chi connectivity index (χ4v) is 2.24. The molecule has 0 aromatic heterocycles. The van der Waals surface area contributed by atoms with Gasteiger partial charge in [0.05, 0.1) is 13.0 Å². The normalized spacial score (nSPS) is 12.3. The molecule has 2 rings (SSSR count). The third-order valence-corrected chi connectivity index (χ3v) is 3.05. The van der Waals surface area contributed by atoms with E-state index in [1.807, 2.05) is 31.2 Å². The lowest BCUT2D eigenvalue weighted by Crippen LogP contribution is -2.36. The Labute approximate surface area is 113 Å². The van der Waals surface area contributed by atoms with Crippen molar-refractivity contribution in [2.45, 2.75) is 19.4 Å². The van der Waals surface area contributed by atoms with Crippen LogP contribution in [0.25, 0.3) is 10.8 Å². The number of benzene rings is 2. The van der Waals surface area contributed by atoms with Gasteiger partial charge in [-0.1, -0.05) is 42.5 Å². The van der Waals surface area contributed by atoms with Crippen molar-refractivity contribution in [2.24, 2.45) is 0 Å². The first-order chi connectivity index (χ1) is 9.20. The van der Waals surface area contributed by atoms with Crippen molar-refractivity contribution in [3.8, 4) is 0 Å². The predicted molar refractivity (Wildman–Crippen MR) is 77.1 cm³/mol. The van der Waals surface area contributed by atoms with Gasteiger partial charge >= 0.3 is 0 Å². The first-order valence-corrected chi connectivity index (χ1v) is 6.45. The van der Waals surface area contributed by atoms with Crippen LogP contribution in [0.3, 0.4) is 0 Å². The number of carbonyl (C=O) groups is 1. The van der Waals surface area contributed by atoms with Crippen LogP contribution in [-0.2, 0) is 16.0 Å². The van der Waals surface area contributed by atoms with Gasteiger partial charge in [0.25, 0.3) is 0 Å². The molecule has 19 heavy (non-hydrogen) atoms. The largest absolute Gasteiger partial charge is 0.383 e. The standard InChI is InChI=1S/C16H19NO2/c1-12(11-19-2)17-16(18)10-14-8-5-7-13-6-3-4-9-15(13)14/h3-9,12H,10-11H2,1-2H3,(H,17,18). The summed E-state index contributed by atoms with van der Waals surface area (Å²) in [7, 11) is 1.63. The average molecular weight is 257 g/mol. The summed E-state index contributed by atoms with van der Waals surface area (Å²) in [4.78, 5) is 12.0. The summed E-state index contributed by atoms with van der Waals surface area (Å²) in [6.45, 7) is 2.46. The second-order valence-electron chi connectivity index (χ2n) is 4.74. The number of carbonyl (C=O) groups excluding carboxylic acids is 1. The van der Waals surface area contributed by atoms with E-state index in [2.05, 4.69) is 23.5 Å². The molecule has 3 nitrogen and oxygen atoms in total. The van der Waals surface area contributed by atoms with E-state index in [-0.39, 0.29) is 11.9 Å². The summed E-state index contributed by atoms with van der Waals surface area (Å²) in [6, 6.07) is 14.2. The van der Waals surface area contributed by atoms with Crippen molar-refractivity contribution >= 4 is 16.7 Å². The molecule has 0 bridgehead atoms. The molecule has 1 amide bonds. The maximum absolute atomic E-state index is 12.0. The fraction of sp³-hybridized carbons (Fsp3) is 0.312. The van der Waals surface area contributed by atoms with Crippen molar-refractivity contribution in [1.82, 2.24) is 5.32 Å². The highest BCUT2D eigenvalue weighted by Gasteiger charge is 2.09. The van der Waals surface area contributed by atoms with Crippen LogP contribution in [0.2, 0.25) is 0 Å². The molecule has 0 aliphatic rings. The maximum atomic E-state index is 12.0. The summed E-state index contributed by atoms with van der Waals surface area (Å²) < 4.78 is 5.01. The molecule has 3 heteroatoms. The van der Waals surface area contributed by atoms with E-state index in [1.165, 1.54) is 0 Å². The smallest absolute Gasteiger partial charge is 0.224 e. The Balaban J connectivity index is 2.11. The van der Waals surface area contributed by atoms with Gasteiger partial charge in [-0.05, 0) is 23.3 Å². The van der Waals surface area contributed by atoms with Gasteiger partial charge in [0.15, 0.2) is 0 Å². The van der Waals surface area contributed by atoms with Crippen LogP contribution in [0.4, 0.5) is 0 Å². The Kier molecular flexibility index (Phi) is 4.53. The third kappa shape index (κ3) is 3.55. The quantitative estimate of drug-likeness (QED) is 0.894. The van der Waals surface area contributed by atoms with E-state index in [1.54, 1.807) is 7.11 Å². The monoisotopic (exact) mass is 257 g/mol. The van der Waals surface area contributed by atoms with Gasteiger partial charge in [0, 0.05) is 13.2 Å². The highest BCUT2D eigenvalue weighted by molar-refractivity contribution is 5.90. The zero-order chi connectivity index (χ0) is 13.7. The molecule has 0 spiro atoms. The molecule has 0 fully saturated rings. The van der Waals surface area contributed by atoms with Crippen molar-refractivity contribution in [3.05, 3.63) is 48.0 Å². The molecule has 0 heterocycles. The number of hydrogen-bond acceptors (Lipinski definition) is 2. The van der Waals surface area contributed by atoms with Gasteiger partial charge < -0.3 is 10.1 Å². The minimum Gasteiger partial charge on any atom is -0.383 e. The van der Waals surface area contributed by atoms with E-state index in [0.29, 0.717) is 13.0 Å². The number of ether oxygens (including phenoxy) is 1. The van der Waals surface area contributed by atoms with Crippen LogP contribution in [0.15, 0.2) is 42.5 Å². The predicted octanol–water partition coefficient (Wildman–Crippen LogP) is 2.53. The number of methoxy groups -OCH3 is 1. The van der Waals surface area contributed by atoms with Crippen LogP contribution in [0.1, 0.15) is 12.5 Å². The molecule has 100 valence electrons. The van der Waals surface area contributed by atoms with Crippen LogP contribution in [-0.4, -0.2) is 25.7 Å². The van der Waals surface area contributed by atoms with Crippen LogP contribution < -0.4 is 5.32 Å². The summed E-state index contributed by atoms with van der Waals surface area (Å²) in [5, 5.41) is 5.23. The zero-order valence-corrected chi connectivity index (χ0v) is 11.3. The number of hydrogen-bond donors (Lipinski definition) is 1. The Morgan fingerprint density at radius 1 is 1.21 bits per heavy atom. The van der Waals surface area contributed by atoms with E-state index in [4.69, 9.17) is 4.74 Å². The lowest BCUT2D eigenvalue weighted by molar-refractivity contribution is -0.121. The highest BCUT2D eigenvalue weighted by atomic mass is 16.5. The molecular formula is C16H19NO2. The van der Waals surface area contributed by atoms with E-state index in [0.717, 1.165) is 16.3 Å². The molecule has 0 radical (unpaired) electrons. The van der Waals surface area contributed by atoms with E-state index >= 15 is 0 Å². The second-order valence-corrected chi connectivity index (χ2v) is 4.74. The summed E-state index contributed by atoms with van der Waals surface area (Å²) in [5.74, 6) is 0.0286. The van der Waals surface area contributed by atoms with Crippen molar-refractivity contribution in [2.75, 3.05) is 13.7 Å². The minimum absolute atomic E-state index is 0.0286. The minimum atomic E-state index is 0.0286. The SMILES string of the molecule is COCC(C)NC(=O)Cc1cccc2ccccc12. The maximum Gasteiger partial charge on any atom is 0.224 e. The lowest BCUT2D eigenvalue weighted by atomic mass is 10.0. The van der Waals surface area contributed by atoms with E-state index < -0.39 is 0 Å². The van der Waals surface area contributed by atoms with Crippen LogP contribution >= 0.6 is 0 Å². The molecule has 1 atom stereocenters. The zero-order valence-electron chi connectivity index (χ0n) is 11.3. The first kappa shape index (κ1) is 13.6. The van der Waals surface area contributed by atoms with Crippen molar-refractivity contribution in [1.29, 1.82) is 0 Å². The van der Waals surface area contributed by atoms with Gasteiger partial charge in [-0.2, -0.15) is 0 Å². The summed E-state index contributed by atoms with van der Waals surface area (Å²) in [5.41, 5.74) is 1.06. The Morgan fingerprint density at radius 3 is 2.74 bits per heavy atom.